The first-order valence-electron chi connectivity index (χ1n) is 6.63. The third-order valence-electron chi connectivity index (χ3n) is 3.89. The number of hydrogen-bond donors (Lipinski definition) is 1. The van der Waals surface area contributed by atoms with Crippen LogP contribution in [0, 0.1) is 17.7 Å². The lowest BCUT2D eigenvalue weighted by Gasteiger charge is -2.25. The molecule has 2 aliphatic heterocycles. The summed E-state index contributed by atoms with van der Waals surface area (Å²) in [5.41, 5.74) is 0.343. The molecule has 1 aromatic carbocycles. The Morgan fingerprint density at radius 1 is 1.19 bits per heavy atom. The minimum atomic E-state index is -1.31. The molecule has 2 heterocycles. The molecule has 2 aliphatic rings. The van der Waals surface area contributed by atoms with E-state index in [4.69, 9.17) is 4.74 Å². The lowest BCUT2D eigenvalue weighted by molar-refractivity contribution is -0.313. The minimum Gasteiger partial charge on any atom is -0.550 e. The predicted octanol–water partition coefficient (Wildman–Crippen LogP) is -0.239. The monoisotopic (exact) mass is 290 g/mol. The van der Waals surface area contributed by atoms with Gasteiger partial charge in [-0.05, 0) is 6.07 Å². The Morgan fingerprint density at radius 2 is 1.86 bits per heavy atom. The molecule has 5 nitrogen and oxygen atoms in total. The number of nitrogens with one attached hydrogen (secondary N) is 1. The van der Waals surface area contributed by atoms with Crippen LogP contribution in [0.15, 0.2) is 36.4 Å². The van der Waals surface area contributed by atoms with E-state index in [1.54, 1.807) is 30.4 Å². The van der Waals surface area contributed by atoms with Crippen LogP contribution in [0.1, 0.15) is 5.56 Å². The molecule has 110 valence electrons. The third kappa shape index (κ3) is 2.42. The van der Waals surface area contributed by atoms with Gasteiger partial charge in [0, 0.05) is 24.0 Å². The molecule has 4 atom stereocenters. The van der Waals surface area contributed by atoms with E-state index in [-0.39, 0.29) is 6.54 Å². The summed E-state index contributed by atoms with van der Waals surface area (Å²) in [6.07, 6.45) is 2.13. The number of halogens is 1. The molecule has 6 heteroatoms. The van der Waals surface area contributed by atoms with E-state index in [2.05, 4.69) is 5.32 Å². The SMILES string of the molecule is O=C(NCc1ccccc1F)[C@@H]1[C@@H](C(=O)[O-])[C@H]2C=C[C@@H]1O2. The summed E-state index contributed by atoms with van der Waals surface area (Å²) in [5, 5.41) is 13.7. The second kappa shape index (κ2) is 5.29. The highest BCUT2D eigenvalue weighted by Crippen LogP contribution is 2.38. The first-order valence-corrected chi connectivity index (χ1v) is 6.63. The van der Waals surface area contributed by atoms with Gasteiger partial charge < -0.3 is 20.0 Å². The maximum absolute atomic E-state index is 13.5. The van der Waals surface area contributed by atoms with Gasteiger partial charge in [0.1, 0.15) is 5.82 Å². The average molecular weight is 290 g/mol. The van der Waals surface area contributed by atoms with Gasteiger partial charge in [0.25, 0.3) is 0 Å². The van der Waals surface area contributed by atoms with Gasteiger partial charge in [-0.1, -0.05) is 30.4 Å². The molecule has 1 aromatic rings. The molecule has 1 fully saturated rings. The summed E-state index contributed by atoms with van der Waals surface area (Å²) in [6, 6.07) is 6.08. The number of hydrogen-bond acceptors (Lipinski definition) is 4. The molecule has 0 aromatic heterocycles. The van der Waals surface area contributed by atoms with Crippen molar-refractivity contribution in [3.8, 4) is 0 Å². The maximum Gasteiger partial charge on any atom is 0.227 e. The summed E-state index contributed by atoms with van der Waals surface area (Å²) in [6.45, 7) is 0.00285. The van der Waals surface area contributed by atoms with Crippen molar-refractivity contribution in [1.82, 2.24) is 5.32 Å². The van der Waals surface area contributed by atoms with E-state index < -0.39 is 41.7 Å². The number of benzene rings is 1. The largest absolute Gasteiger partial charge is 0.550 e. The first-order chi connectivity index (χ1) is 10.1. The van der Waals surface area contributed by atoms with Gasteiger partial charge in [0.05, 0.1) is 18.1 Å². The van der Waals surface area contributed by atoms with Gasteiger partial charge in [-0.2, -0.15) is 0 Å². The van der Waals surface area contributed by atoms with Gasteiger partial charge in [-0.3, -0.25) is 4.79 Å². The fourth-order valence-corrected chi connectivity index (χ4v) is 2.84. The van der Waals surface area contributed by atoms with E-state index in [0.29, 0.717) is 5.56 Å². The van der Waals surface area contributed by atoms with Crippen LogP contribution < -0.4 is 10.4 Å². The number of carboxylic acid groups (broad SMARTS) is 1. The highest BCUT2D eigenvalue weighted by atomic mass is 19.1. The molecule has 0 radical (unpaired) electrons. The Kier molecular flexibility index (Phi) is 3.47. The zero-order valence-corrected chi connectivity index (χ0v) is 11.0. The number of carbonyl (C=O) groups excluding carboxylic acids is 2. The van der Waals surface area contributed by atoms with Crippen molar-refractivity contribution in [1.29, 1.82) is 0 Å². The quantitative estimate of drug-likeness (QED) is 0.776. The first kappa shape index (κ1) is 13.8. The van der Waals surface area contributed by atoms with E-state index >= 15 is 0 Å². The topological polar surface area (TPSA) is 78.5 Å². The molecule has 0 aliphatic carbocycles. The zero-order valence-electron chi connectivity index (χ0n) is 11.0. The van der Waals surface area contributed by atoms with E-state index in [0.717, 1.165) is 0 Å². The number of fused-ring (bicyclic) bond motifs is 2. The molecule has 3 rings (SSSR count). The molecule has 2 bridgehead atoms. The van der Waals surface area contributed by atoms with Gasteiger partial charge in [-0.15, -0.1) is 0 Å². The molecular weight excluding hydrogens is 277 g/mol. The lowest BCUT2D eigenvalue weighted by Crippen LogP contribution is -2.46. The van der Waals surface area contributed by atoms with Crippen LogP contribution in [0.4, 0.5) is 4.39 Å². The van der Waals surface area contributed by atoms with Crippen molar-refractivity contribution in [2.75, 3.05) is 0 Å². The van der Waals surface area contributed by atoms with Gasteiger partial charge in [-0.25, -0.2) is 4.39 Å². The van der Waals surface area contributed by atoms with E-state index in [1.165, 1.54) is 6.07 Å². The van der Waals surface area contributed by atoms with Crippen LogP contribution in [-0.4, -0.2) is 24.1 Å². The summed E-state index contributed by atoms with van der Waals surface area (Å²) in [7, 11) is 0. The summed E-state index contributed by atoms with van der Waals surface area (Å²) in [4.78, 5) is 23.4. The summed E-state index contributed by atoms with van der Waals surface area (Å²) in [5.74, 6) is -4.03. The average Bonchev–Trinajstić information content (AvgIpc) is 3.06. The number of ether oxygens (including phenoxy) is 1. The molecule has 0 spiro atoms. The molecule has 1 N–H and O–H groups in total. The van der Waals surface area contributed by atoms with Crippen molar-refractivity contribution in [2.45, 2.75) is 18.8 Å². The lowest BCUT2D eigenvalue weighted by atomic mass is 9.82. The van der Waals surface area contributed by atoms with Crippen LogP contribution in [0.2, 0.25) is 0 Å². The minimum absolute atomic E-state index is 0.00285. The second-order valence-corrected chi connectivity index (χ2v) is 5.13. The van der Waals surface area contributed by atoms with Crippen LogP contribution in [0.3, 0.4) is 0 Å². The van der Waals surface area contributed by atoms with E-state index in [9.17, 15) is 19.1 Å². The Balaban J connectivity index is 1.69. The Bertz CT molecular complexity index is 615. The number of rotatable bonds is 4. The predicted molar refractivity (Wildman–Crippen MR) is 68.0 cm³/mol. The van der Waals surface area contributed by atoms with Crippen molar-refractivity contribution < 1.29 is 23.8 Å². The molecule has 1 saturated heterocycles. The Labute approximate surface area is 120 Å². The van der Waals surface area contributed by atoms with Crippen LogP contribution in [0.25, 0.3) is 0 Å². The standard InChI is InChI=1S/C15H14FNO4/c16-9-4-2-1-3-8(9)7-17-14(18)12-10-5-6-11(21-10)13(12)15(19)20/h1-6,10-13H,7H2,(H,17,18)(H,19,20)/p-1/t10-,11+,12-,13-/m0/s1. The van der Waals surface area contributed by atoms with Crippen molar-refractivity contribution >= 4 is 11.9 Å². The molecule has 21 heavy (non-hydrogen) atoms. The third-order valence-corrected chi connectivity index (χ3v) is 3.89. The maximum atomic E-state index is 13.5. The highest BCUT2D eigenvalue weighted by molar-refractivity contribution is 5.86. The number of carboxylic acids is 1. The number of carbonyl (C=O) groups is 2. The van der Waals surface area contributed by atoms with E-state index in [1.807, 2.05) is 0 Å². The van der Waals surface area contributed by atoms with Crippen LogP contribution in [-0.2, 0) is 20.9 Å². The highest BCUT2D eigenvalue weighted by Gasteiger charge is 2.50. The number of aliphatic carboxylic acids is 1. The van der Waals surface area contributed by atoms with Crippen LogP contribution >= 0.6 is 0 Å². The van der Waals surface area contributed by atoms with Crippen molar-refractivity contribution in [2.24, 2.45) is 11.8 Å². The number of amides is 1. The van der Waals surface area contributed by atoms with Gasteiger partial charge >= 0.3 is 0 Å². The molecule has 0 saturated carbocycles. The van der Waals surface area contributed by atoms with Crippen LogP contribution in [0.5, 0.6) is 0 Å². The van der Waals surface area contributed by atoms with Gasteiger partial charge in [0.2, 0.25) is 5.91 Å². The summed E-state index contributed by atoms with van der Waals surface area (Å²) < 4.78 is 18.9. The fraction of sp³-hybridized carbons (Fsp3) is 0.333. The fourth-order valence-electron chi connectivity index (χ4n) is 2.84. The summed E-state index contributed by atoms with van der Waals surface area (Å²) >= 11 is 0. The smallest absolute Gasteiger partial charge is 0.227 e. The zero-order chi connectivity index (χ0) is 15.0. The van der Waals surface area contributed by atoms with Crippen molar-refractivity contribution in [3.05, 3.63) is 47.8 Å². The van der Waals surface area contributed by atoms with Gasteiger partial charge in [0.15, 0.2) is 0 Å². The normalized spacial score (nSPS) is 29.6. The Morgan fingerprint density at radius 3 is 2.52 bits per heavy atom. The Hall–Kier alpha value is -2.21. The molecule has 1 amide bonds. The molecular formula is C15H13FNO4-. The molecule has 0 unspecified atom stereocenters. The van der Waals surface area contributed by atoms with Crippen molar-refractivity contribution in [3.63, 3.8) is 0 Å². The second-order valence-electron chi connectivity index (χ2n) is 5.13.